The normalized spacial score (nSPS) is 11.5. The minimum atomic E-state index is -0.529. The lowest BCUT2D eigenvalue weighted by molar-refractivity contribution is 0.0964. The van der Waals surface area contributed by atoms with E-state index in [2.05, 4.69) is 10.2 Å². The first kappa shape index (κ1) is 26.9. The average molecular weight is 499 g/mol. The number of carbonyl (C=O) groups excluding carboxylic acids is 2. The van der Waals surface area contributed by atoms with Crippen LogP contribution in [0.5, 0.6) is 11.6 Å². The van der Waals surface area contributed by atoms with Gasteiger partial charge in [0.15, 0.2) is 11.4 Å². The molecule has 0 unspecified atom stereocenters. The Hall–Kier alpha value is -3.73. The Bertz CT molecular complexity index is 1320. The van der Waals surface area contributed by atoms with Crippen molar-refractivity contribution in [1.82, 2.24) is 24.3 Å². The number of ketones is 1. The number of rotatable bonds is 9. The lowest BCUT2D eigenvalue weighted by atomic mass is 9.85. The van der Waals surface area contributed by atoms with Gasteiger partial charge in [-0.2, -0.15) is 4.52 Å². The topological polar surface area (TPSA) is 135 Å². The number of nitrogens with one attached hydrogen (secondary N) is 1. The molecule has 0 fully saturated rings. The first-order chi connectivity index (χ1) is 17.0. The molecule has 1 aromatic carbocycles. The van der Waals surface area contributed by atoms with Crippen molar-refractivity contribution in [3.63, 3.8) is 0 Å². The fourth-order valence-corrected chi connectivity index (χ4v) is 3.59. The fraction of sp³-hybridized carbons (Fsp3) is 0.480. The number of aliphatic hydroxyl groups is 1. The number of aromatic nitrogens is 4. The van der Waals surface area contributed by atoms with Gasteiger partial charge in [-0.1, -0.05) is 20.8 Å². The number of nitrogens with zero attached hydrogens (tertiary/aromatic N) is 5. The standard InChI is InChI=1S/C25H34N6O5/c1-7-29(8-2)24(34)36-21-11-16(3)22-28-30(23(26)31(22)27-21)15-20(33)17-12-18(25(4,5)6)14-19(13-17)35-10-9-32/h11-14,26,32H,7-10,15H2,1-6H3. The fourth-order valence-electron chi connectivity index (χ4n) is 3.59. The van der Waals surface area contributed by atoms with Gasteiger partial charge >= 0.3 is 6.09 Å². The van der Waals surface area contributed by atoms with Gasteiger partial charge in [0.2, 0.25) is 11.5 Å². The van der Waals surface area contributed by atoms with Crippen molar-refractivity contribution in [2.75, 3.05) is 26.3 Å². The zero-order valence-electron chi connectivity index (χ0n) is 21.7. The highest BCUT2D eigenvalue weighted by molar-refractivity contribution is 5.96. The number of amides is 1. The minimum Gasteiger partial charge on any atom is -0.491 e. The summed E-state index contributed by atoms with van der Waals surface area (Å²) >= 11 is 0. The van der Waals surface area contributed by atoms with Gasteiger partial charge in [-0.3, -0.25) is 10.2 Å². The first-order valence-corrected chi connectivity index (χ1v) is 11.9. The van der Waals surface area contributed by atoms with Gasteiger partial charge in [0.05, 0.1) is 6.61 Å². The van der Waals surface area contributed by atoms with E-state index in [1.165, 1.54) is 14.1 Å². The Balaban J connectivity index is 1.93. The number of aryl methyl sites for hydroxylation is 1. The van der Waals surface area contributed by atoms with E-state index in [-0.39, 0.29) is 42.5 Å². The van der Waals surface area contributed by atoms with Crippen LogP contribution in [0, 0.1) is 12.3 Å². The van der Waals surface area contributed by atoms with E-state index >= 15 is 0 Å². The van der Waals surface area contributed by atoms with E-state index in [0.717, 1.165) is 5.56 Å². The molecule has 0 radical (unpaired) electrons. The molecule has 3 aromatic rings. The lowest BCUT2D eigenvalue weighted by Gasteiger charge is -2.21. The summed E-state index contributed by atoms with van der Waals surface area (Å²) in [5, 5.41) is 26.3. The molecule has 0 saturated heterocycles. The van der Waals surface area contributed by atoms with E-state index in [1.54, 1.807) is 19.1 Å². The van der Waals surface area contributed by atoms with Crippen LogP contribution >= 0.6 is 0 Å². The Kier molecular flexibility index (Phi) is 8.13. The third-order valence-corrected chi connectivity index (χ3v) is 5.71. The van der Waals surface area contributed by atoms with Crippen LogP contribution < -0.4 is 15.1 Å². The SMILES string of the molecule is CCN(CC)C(=O)Oc1cc(C)c2nn(CC(=O)c3cc(OCCO)cc(C(C)(C)C)c3)c(=N)n2n1. The van der Waals surface area contributed by atoms with Crippen molar-refractivity contribution in [2.45, 2.75) is 53.5 Å². The van der Waals surface area contributed by atoms with E-state index in [9.17, 15) is 9.59 Å². The highest BCUT2D eigenvalue weighted by Gasteiger charge is 2.20. The number of hydrogen-bond donors (Lipinski definition) is 2. The summed E-state index contributed by atoms with van der Waals surface area (Å²) < 4.78 is 13.5. The third kappa shape index (κ3) is 5.91. The monoisotopic (exact) mass is 498 g/mol. The summed E-state index contributed by atoms with van der Waals surface area (Å²) in [6.07, 6.45) is -0.529. The maximum Gasteiger partial charge on any atom is 0.416 e. The van der Waals surface area contributed by atoms with Gasteiger partial charge in [0.1, 0.15) is 18.9 Å². The molecule has 0 aliphatic carbocycles. The highest BCUT2D eigenvalue weighted by Crippen LogP contribution is 2.28. The lowest BCUT2D eigenvalue weighted by Crippen LogP contribution is -2.33. The molecule has 2 heterocycles. The van der Waals surface area contributed by atoms with Gasteiger partial charge in [-0.25, -0.2) is 9.48 Å². The molecule has 0 aliphatic rings. The van der Waals surface area contributed by atoms with Gasteiger partial charge in [0, 0.05) is 30.3 Å². The van der Waals surface area contributed by atoms with Crippen molar-refractivity contribution < 1.29 is 24.2 Å². The molecule has 194 valence electrons. The quantitative estimate of drug-likeness (QED) is 0.433. The maximum absolute atomic E-state index is 13.2. The average Bonchev–Trinajstić information content (AvgIpc) is 3.13. The van der Waals surface area contributed by atoms with Gasteiger partial charge in [-0.05, 0) is 49.9 Å². The first-order valence-electron chi connectivity index (χ1n) is 11.9. The summed E-state index contributed by atoms with van der Waals surface area (Å²) in [4.78, 5) is 27.1. The Morgan fingerprint density at radius 3 is 2.42 bits per heavy atom. The molecule has 1 amide bonds. The second-order valence-corrected chi connectivity index (χ2v) is 9.41. The number of Topliss-reactive ketones (excluding diaryl/α,β-unsaturated/α-hetero) is 1. The second-order valence-electron chi connectivity index (χ2n) is 9.41. The van der Waals surface area contributed by atoms with E-state index in [0.29, 0.717) is 35.6 Å². The van der Waals surface area contributed by atoms with Crippen molar-refractivity contribution in [1.29, 1.82) is 5.41 Å². The zero-order chi connectivity index (χ0) is 26.6. The summed E-state index contributed by atoms with van der Waals surface area (Å²) in [5.41, 5.74) is 1.98. The predicted octanol–water partition coefficient (Wildman–Crippen LogP) is 2.71. The van der Waals surface area contributed by atoms with Crippen molar-refractivity contribution in [2.24, 2.45) is 0 Å². The smallest absolute Gasteiger partial charge is 0.416 e. The molecular weight excluding hydrogens is 464 g/mol. The van der Waals surface area contributed by atoms with E-state index < -0.39 is 6.09 Å². The number of fused-ring (bicyclic) bond motifs is 1. The molecule has 2 N–H and O–H groups in total. The summed E-state index contributed by atoms with van der Waals surface area (Å²) in [7, 11) is 0. The number of aliphatic hydroxyl groups excluding tert-OH is 1. The van der Waals surface area contributed by atoms with Gasteiger partial charge in [-0.15, -0.1) is 10.2 Å². The van der Waals surface area contributed by atoms with Crippen LogP contribution in [0.4, 0.5) is 4.79 Å². The van der Waals surface area contributed by atoms with Crippen LogP contribution in [0.2, 0.25) is 0 Å². The Morgan fingerprint density at radius 2 is 1.81 bits per heavy atom. The van der Waals surface area contributed by atoms with Crippen LogP contribution in [0.25, 0.3) is 5.65 Å². The van der Waals surface area contributed by atoms with Crippen LogP contribution in [0.3, 0.4) is 0 Å². The number of carbonyl (C=O) groups is 2. The van der Waals surface area contributed by atoms with Crippen molar-refractivity contribution >= 4 is 17.5 Å². The number of hydrogen-bond acceptors (Lipinski definition) is 8. The van der Waals surface area contributed by atoms with E-state index in [4.69, 9.17) is 20.0 Å². The summed E-state index contributed by atoms with van der Waals surface area (Å²) in [5.74, 6) is 0.274. The van der Waals surface area contributed by atoms with Crippen molar-refractivity contribution in [3.8, 4) is 11.6 Å². The molecule has 3 rings (SSSR count). The molecule has 0 spiro atoms. The van der Waals surface area contributed by atoms with Crippen LogP contribution in [0.15, 0.2) is 24.3 Å². The number of ether oxygens (including phenoxy) is 2. The largest absolute Gasteiger partial charge is 0.491 e. The Labute approximate surface area is 209 Å². The van der Waals surface area contributed by atoms with Crippen LogP contribution in [0.1, 0.15) is 56.1 Å². The minimum absolute atomic E-state index is 0.0461. The molecular formula is C25H34N6O5. The third-order valence-electron chi connectivity index (χ3n) is 5.71. The van der Waals surface area contributed by atoms with E-state index in [1.807, 2.05) is 46.8 Å². The second kappa shape index (κ2) is 10.9. The highest BCUT2D eigenvalue weighted by atomic mass is 16.6. The van der Waals surface area contributed by atoms with Crippen molar-refractivity contribution in [3.05, 3.63) is 46.6 Å². The molecule has 0 atom stereocenters. The molecule has 0 bridgehead atoms. The molecule has 11 heteroatoms. The zero-order valence-corrected chi connectivity index (χ0v) is 21.7. The summed E-state index contributed by atoms with van der Waals surface area (Å²) in [6, 6.07) is 6.87. The van der Waals surface area contributed by atoms with Gasteiger partial charge < -0.3 is 19.5 Å². The molecule has 36 heavy (non-hydrogen) atoms. The molecule has 0 aliphatic heterocycles. The van der Waals surface area contributed by atoms with Crippen LogP contribution in [-0.2, 0) is 12.0 Å². The van der Waals surface area contributed by atoms with Crippen LogP contribution in [-0.4, -0.2) is 67.6 Å². The Morgan fingerprint density at radius 1 is 1.11 bits per heavy atom. The molecule has 2 aromatic heterocycles. The summed E-state index contributed by atoms with van der Waals surface area (Å²) in [6.45, 7) is 12.3. The maximum atomic E-state index is 13.2. The molecule has 0 saturated carbocycles. The van der Waals surface area contributed by atoms with Gasteiger partial charge in [0.25, 0.3) is 0 Å². The predicted molar refractivity (Wildman–Crippen MR) is 133 cm³/mol. The molecule has 11 nitrogen and oxygen atoms in total. The number of benzene rings is 1.